The van der Waals surface area contributed by atoms with Gasteiger partial charge in [0.05, 0.1) is 29.9 Å². The molecule has 2 aliphatic heterocycles. The Kier molecular flexibility index (Phi) is 4.63. The summed E-state index contributed by atoms with van der Waals surface area (Å²) in [6.07, 6.45) is 2.55. The molecule has 2 fully saturated rings. The smallest absolute Gasteiger partial charge is 0.150 e. The maximum atomic E-state index is 5.47. The first kappa shape index (κ1) is 15.8. The van der Waals surface area contributed by atoms with Gasteiger partial charge in [0.25, 0.3) is 0 Å². The number of morpholine rings is 1. The molecule has 1 aromatic heterocycles. The Labute approximate surface area is 143 Å². The maximum Gasteiger partial charge on any atom is 0.150 e. The number of benzene rings is 1. The molecule has 5 heteroatoms. The van der Waals surface area contributed by atoms with Gasteiger partial charge in [0, 0.05) is 32.7 Å². The van der Waals surface area contributed by atoms with E-state index in [4.69, 9.17) is 14.7 Å². The molecule has 24 heavy (non-hydrogen) atoms. The van der Waals surface area contributed by atoms with Crippen molar-refractivity contribution in [2.45, 2.75) is 19.8 Å². The fraction of sp³-hybridized carbons (Fsp3) is 0.579. The molecule has 1 aromatic carbocycles. The van der Waals surface area contributed by atoms with Crippen molar-refractivity contribution in [2.24, 2.45) is 5.92 Å². The average molecular weight is 326 g/mol. The minimum absolute atomic E-state index is 0.713. The van der Waals surface area contributed by atoms with Crippen molar-refractivity contribution in [3.8, 4) is 0 Å². The van der Waals surface area contributed by atoms with Crippen molar-refractivity contribution in [2.75, 3.05) is 50.8 Å². The number of hydrogen-bond donors (Lipinski definition) is 0. The lowest BCUT2D eigenvalue weighted by Crippen LogP contribution is -2.45. The molecule has 0 radical (unpaired) electrons. The van der Waals surface area contributed by atoms with Gasteiger partial charge in [-0.15, -0.1) is 0 Å². The van der Waals surface area contributed by atoms with Crippen LogP contribution < -0.4 is 4.90 Å². The van der Waals surface area contributed by atoms with E-state index in [2.05, 4.69) is 22.8 Å². The van der Waals surface area contributed by atoms with Crippen LogP contribution in [0.25, 0.3) is 11.0 Å². The molecule has 0 spiro atoms. The highest BCUT2D eigenvalue weighted by Gasteiger charge is 2.25. The summed E-state index contributed by atoms with van der Waals surface area (Å²) in [6.45, 7) is 9.35. The van der Waals surface area contributed by atoms with Crippen LogP contribution in [0.2, 0.25) is 0 Å². The topological polar surface area (TPSA) is 41.5 Å². The molecule has 0 N–H and O–H groups in total. The number of nitrogens with zero attached hydrogens (tertiary/aromatic N) is 4. The number of hydrogen-bond acceptors (Lipinski definition) is 5. The number of ether oxygens (including phenoxy) is 1. The van der Waals surface area contributed by atoms with E-state index in [1.165, 1.54) is 19.4 Å². The predicted molar refractivity (Wildman–Crippen MR) is 96.5 cm³/mol. The molecule has 2 saturated heterocycles. The number of aryl methyl sites for hydroxylation is 1. The largest absolute Gasteiger partial charge is 0.379 e. The molecule has 2 aromatic rings. The molecule has 5 nitrogen and oxygen atoms in total. The van der Waals surface area contributed by atoms with Crippen LogP contribution >= 0.6 is 0 Å². The zero-order valence-corrected chi connectivity index (χ0v) is 14.4. The molecule has 128 valence electrons. The molecule has 1 atom stereocenters. The lowest BCUT2D eigenvalue weighted by atomic mass is 9.97. The third-order valence-electron chi connectivity index (χ3n) is 5.16. The standard InChI is InChI=1S/C19H26N4O/c1-15-19(21-18-7-3-2-6-17(18)20-15)23-8-4-5-16(14-23)13-22-9-11-24-12-10-22/h2-3,6-7,16H,4-5,8-14H2,1H3. The average Bonchev–Trinajstić information content (AvgIpc) is 2.62. The Bertz CT molecular complexity index is 699. The van der Waals surface area contributed by atoms with Crippen molar-refractivity contribution in [3.63, 3.8) is 0 Å². The van der Waals surface area contributed by atoms with E-state index in [1.807, 2.05) is 18.2 Å². The number of para-hydroxylation sites is 2. The molecule has 0 bridgehead atoms. The van der Waals surface area contributed by atoms with Gasteiger partial charge in [0.2, 0.25) is 0 Å². The molecule has 0 aliphatic carbocycles. The second kappa shape index (κ2) is 7.03. The van der Waals surface area contributed by atoms with Crippen LogP contribution in [0.3, 0.4) is 0 Å². The van der Waals surface area contributed by atoms with Gasteiger partial charge in [-0.1, -0.05) is 12.1 Å². The van der Waals surface area contributed by atoms with Gasteiger partial charge in [-0.3, -0.25) is 4.90 Å². The van der Waals surface area contributed by atoms with E-state index in [0.29, 0.717) is 5.92 Å². The second-order valence-corrected chi connectivity index (χ2v) is 6.99. The lowest BCUT2D eigenvalue weighted by molar-refractivity contribution is 0.0296. The van der Waals surface area contributed by atoms with Crippen molar-refractivity contribution in [1.82, 2.24) is 14.9 Å². The third-order valence-corrected chi connectivity index (χ3v) is 5.16. The molecule has 0 saturated carbocycles. The molecule has 4 rings (SSSR count). The van der Waals surface area contributed by atoms with E-state index in [9.17, 15) is 0 Å². The first-order valence-corrected chi connectivity index (χ1v) is 9.08. The summed E-state index contributed by atoms with van der Waals surface area (Å²) in [4.78, 5) is 14.7. The molecular formula is C19H26N4O. The quantitative estimate of drug-likeness (QED) is 0.867. The highest BCUT2D eigenvalue weighted by molar-refractivity contribution is 5.76. The number of fused-ring (bicyclic) bond motifs is 1. The van der Waals surface area contributed by atoms with Crippen molar-refractivity contribution < 1.29 is 4.74 Å². The summed E-state index contributed by atoms with van der Waals surface area (Å²) in [6, 6.07) is 8.15. The normalized spacial score (nSPS) is 22.9. The summed E-state index contributed by atoms with van der Waals surface area (Å²) < 4.78 is 5.47. The van der Waals surface area contributed by atoms with Crippen LogP contribution in [-0.4, -0.2) is 60.8 Å². The van der Waals surface area contributed by atoms with Crippen molar-refractivity contribution in [3.05, 3.63) is 30.0 Å². The number of aromatic nitrogens is 2. The Hall–Kier alpha value is -1.72. The van der Waals surface area contributed by atoms with E-state index in [1.54, 1.807) is 0 Å². The van der Waals surface area contributed by atoms with E-state index in [-0.39, 0.29) is 0 Å². The zero-order valence-electron chi connectivity index (χ0n) is 14.4. The zero-order chi connectivity index (χ0) is 16.4. The second-order valence-electron chi connectivity index (χ2n) is 6.99. The van der Waals surface area contributed by atoms with Gasteiger partial charge in [0.1, 0.15) is 0 Å². The van der Waals surface area contributed by atoms with Crippen molar-refractivity contribution in [1.29, 1.82) is 0 Å². The summed E-state index contributed by atoms with van der Waals surface area (Å²) in [5.41, 5.74) is 3.02. The molecule has 0 amide bonds. The highest BCUT2D eigenvalue weighted by Crippen LogP contribution is 2.26. The number of rotatable bonds is 3. The van der Waals surface area contributed by atoms with Gasteiger partial charge in [0.15, 0.2) is 5.82 Å². The molecule has 1 unspecified atom stereocenters. The van der Waals surface area contributed by atoms with Gasteiger partial charge in [-0.2, -0.15) is 0 Å². The van der Waals surface area contributed by atoms with E-state index < -0.39 is 0 Å². The van der Waals surface area contributed by atoms with Crippen LogP contribution in [0.1, 0.15) is 18.5 Å². The van der Waals surface area contributed by atoms with E-state index >= 15 is 0 Å². The Morgan fingerprint density at radius 3 is 2.62 bits per heavy atom. The van der Waals surface area contributed by atoms with Gasteiger partial charge in [-0.25, -0.2) is 9.97 Å². The SMILES string of the molecule is Cc1nc2ccccc2nc1N1CCCC(CN2CCOCC2)C1. The Morgan fingerprint density at radius 2 is 1.83 bits per heavy atom. The Morgan fingerprint density at radius 1 is 1.08 bits per heavy atom. The summed E-state index contributed by atoms with van der Waals surface area (Å²) in [5.74, 6) is 1.78. The molecule has 2 aliphatic rings. The van der Waals surface area contributed by atoms with Crippen molar-refractivity contribution >= 4 is 16.9 Å². The predicted octanol–water partition coefficient (Wildman–Crippen LogP) is 2.49. The summed E-state index contributed by atoms with van der Waals surface area (Å²) in [5, 5.41) is 0. The van der Waals surface area contributed by atoms with Crippen LogP contribution in [0.4, 0.5) is 5.82 Å². The number of anilines is 1. The minimum atomic E-state index is 0.713. The molecule has 3 heterocycles. The maximum absolute atomic E-state index is 5.47. The Balaban J connectivity index is 1.50. The van der Waals surface area contributed by atoms with Gasteiger partial charge < -0.3 is 9.64 Å². The van der Waals surface area contributed by atoms with Crippen LogP contribution in [-0.2, 0) is 4.74 Å². The fourth-order valence-electron chi connectivity index (χ4n) is 3.93. The van der Waals surface area contributed by atoms with Crippen LogP contribution in [0.15, 0.2) is 24.3 Å². The van der Waals surface area contributed by atoms with Gasteiger partial charge in [-0.05, 0) is 37.8 Å². The highest BCUT2D eigenvalue weighted by atomic mass is 16.5. The fourth-order valence-corrected chi connectivity index (χ4v) is 3.93. The first-order valence-electron chi connectivity index (χ1n) is 9.08. The monoisotopic (exact) mass is 326 g/mol. The van der Waals surface area contributed by atoms with Gasteiger partial charge >= 0.3 is 0 Å². The minimum Gasteiger partial charge on any atom is -0.379 e. The third kappa shape index (κ3) is 3.37. The number of piperidine rings is 1. The summed E-state index contributed by atoms with van der Waals surface area (Å²) in [7, 11) is 0. The summed E-state index contributed by atoms with van der Waals surface area (Å²) >= 11 is 0. The van der Waals surface area contributed by atoms with E-state index in [0.717, 1.165) is 61.9 Å². The van der Waals surface area contributed by atoms with Crippen LogP contribution in [0, 0.1) is 12.8 Å². The lowest BCUT2D eigenvalue weighted by Gasteiger charge is -2.37. The molecular weight excluding hydrogens is 300 g/mol. The first-order chi connectivity index (χ1) is 11.8. The van der Waals surface area contributed by atoms with Crippen LogP contribution in [0.5, 0.6) is 0 Å².